The van der Waals surface area contributed by atoms with E-state index in [1.165, 1.54) is 4.90 Å². The summed E-state index contributed by atoms with van der Waals surface area (Å²) in [6.07, 6.45) is 0. The van der Waals surface area contributed by atoms with Gasteiger partial charge in [-0.15, -0.1) is 0 Å². The van der Waals surface area contributed by atoms with Crippen LogP contribution in [0, 0.1) is 19.8 Å². The van der Waals surface area contributed by atoms with Crippen molar-refractivity contribution >= 4 is 17.8 Å². The van der Waals surface area contributed by atoms with Crippen LogP contribution < -0.4 is 5.73 Å². The molecule has 0 saturated carbocycles. The maximum atomic E-state index is 12.6. The standard InChI is InChI=1S/C14H21N3O4/c1-7(2)5-17(6-10(15)18)13(19)11-8(3)12(14(20)21)16-9(11)4/h7,16H,5-6H2,1-4H3,(H2,15,18)(H,20,21). The largest absolute Gasteiger partial charge is 0.477 e. The van der Waals surface area contributed by atoms with Crippen LogP contribution in [0.2, 0.25) is 0 Å². The Bertz CT molecular complexity index is 575. The number of aromatic nitrogens is 1. The third-order valence-corrected chi connectivity index (χ3v) is 3.08. The van der Waals surface area contributed by atoms with Crippen molar-refractivity contribution in [2.24, 2.45) is 11.7 Å². The van der Waals surface area contributed by atoms with Gasteiger partial charge in [0.2, 0.25) is 5.91 Å². The van der Waals surface area contributed by atoms with Gasteiger partial charge >= 0.3 is 5.97 Å². The lowest BCUT2D eigenvalue weighted by Crippen LogP contribution is -2.40. The number of nitrogens with one attached hydrogen (secondary N) is 1. The van der Waals surface area contributed by atoms with Gasteiger partial charge in [0.25, 0.3) is 5.91 Å². The molecule has 7 nitrogen and oxygen atoms in total. The molecule has 1 aromatic rings. The van der Waals surface area contributed by atoms with Crippen molar-refractivity contribution in [1.82, 2.24) is 9.88 Å². The summed E-state index contributed by atoms with van der Waals surface area (Å²) in [7, 11) is 0. The molecule has 0 saturated heterocycles. The number of aryl methyl sites for hydroxylation is 1. The van der Waals surface area contributed by atoms with Gasteiger partial charge in [0, 0.05) is 12.2 Å². The summed E-state index contributed by atoms with van der Waals surface area (Å²) >= 11 is 0. The van der Waals surface area contributed by atoms with Gasteiger partial charge in [-0.05, 0) is 25.3 Å². The molecule has 116 valence electrons. The van der Waals surface area contributed by atoms with E-state index in [-0.39, 0.29) is 29.6 Å². The van der Waals surface area contributed by atoms with Crippen LogP contribution in [0.5, 0.6) is 0 Å². The highest BCUT2D eigenvalue weighted by molar-refractivity contribution is 6.01. The molecule has 1 rings (SSSR count). The summed E-state index contributed by atoms with van der Waals surface area (Å²) in [5.41, 5.74) is 6.28. The predicted octanol–water partition coefficient (Wildman–Crippen LogP) is 0.913. The van der Waals surface area contributed by atoms with Crippen molar-refractivity contribution in [3.63, 3.8) is 0 Å². The number of H-pyrrole nitrogens is 1. The number of hydrogen-bond donors (Lipinski definition) is 3. The van der Waals surface area contributed by atoms with Crippen molar-refractivity contribution in [2.75, 3.05) is 13.1 Å². The molecular weight excluding hydrogens is 274 g/mol. The fraction of sp³-hybridized carbons (Fsp3) is 0.500. The number of aromatic carboxylic acids is 1. The number of carbonyl (C=O) groups is 3. The van der Waals surface area contributed by atoms with Crippen LogP contribution in [-0.4, -0.2) is 45.9 Å². The topological polar surface area (TPSA) is 116 Å². The third-order valence-electron chi connectivity index (χ3n) is 3.08. The Morgan fingerprint density at radius 1 is 1.29 bits per heavy atom. The van der Waals surface area contributed by atoms with Crippen molar-refractivity contribution in [3.8, 4) is 0 Å². The molecule has 21 heavy (non-hydrogen) atoms. The normalized spacial score (nSPS) is 10.7. The van der Waals surface area contributed by atoms with E-state index in [1.807, 2.05) is 13.8 Å². The van der Waals surface area contributed by atoms with Crippen LogP contribution in [0.3, 0.4) is 0 Å². The molecule has 0 aliphatic heterocycles. The van der Waals surface area contributed by atoms with E-state index < -0.39 is 11.9 Å². The number of rotatable bonds is 6. The first-order valence-corrected chi connectivity index (χ1v) is 6.65. The molecular formula is C14H21N3O4. The predicted molar refractivity (Wildman–Crippen MR) is 77.2 cm³/mol. The number of hydrogen-bond acceptors (Lipinski definition) is 3. The Balaban J connectivity index is 3.20. The third kappa shape index (κ3) is 3.84. The van der Waals surface area contributed by atoms with Gasteiger partial charge in [-0.3, -0.25) is 9.59 Å². The number of nitrogens with zero attached hydrogens (tertiary/aromatic N) is 1. The van der Waals surface area contributed by atoms with Crippen LogP contribution in [0.1, 0.15) is 46.0 Å². The Hall–Kier alpha value is -2.31. The van der Waals surface area contributed by atoms with Gasteiger partial charge in [0.15, 0.2) is 0 Å². The minimum absolute atomic E-state index is 0.0144. The number of carboxylic acid groups (broad SMARTS) is 1. The minimum atomic E-state index is -1.13. The van der Waals surface area contributed by atoms with E-state index in [1.54, 1.807) is 13.8 Å². The first-order chi connectivity index (χ1) is 9.65. The number of carboxylic acids is 1. The van der Waals surface area contributed by atoms with Gasteiger partial charge in [0.05, 0.1) is 12.1 Å². The monoisotopic (exact) mass is 295 g/mol. The second-order valence-corrected chi connectivity index (χ2v) is 5.48. The first-order valence-electron chi connectivity index (χ1n) is 6.65. The van der Waals surface area contributed by atoms with Crippen molar-refractivity contribution in [1.29, 1.82) is 0 Å². The van der Waals surface area contributed by atoms with E-state index in [2.05, 4.69) is 4.98 Å². The lowest BCUT2D eigenvalue weighted by atomic mass is 10.1. The molecule has 0 aliphatic rings. The highest BCUT2D eigenvalue weighted by Crippen LogP contribution is 2.20. The summed E-state index contributed by atoms with van der Waals surface area (Å²) in [4.78, 5) is 38.9. The fourth-order valence-electron chi connectivity index (χ4n) is 2.29. The molecule has 4 N–H and O–H groups in total. The van der Waals surface area contributed by atoms with Crippen LogP contribution in [0.25, 0.3) is 0 Å². The van der Waals surface area contributed by atoms with E-state index in [0.29, 0.717) is 17.8 Å². The average molecular weight is 295 g/mol. The number of nitrogens with two attached hydrogens (primary N) is 1. The Morgan fingerprint density at radius 3 is 2.24 bits per heavy atom. The van der Waals surface area contributed by atoms with Crippen LogP contribution in [0.4, 0.5) is 0 Å². The van der Waals surface area contributed by atoms with Crippen molar-refractivity contribution < 1.29 is 19.5 Å². The van der Waals surface area contributed by atoms with Crippen molar-refractivity contribution in [2.45, 2.75) is 27.7 Å². The molecule has 7 heteroatoms. The number of aromatic amines is 1. The molecule has 1 aromatic heterocycles. The van der Waals surface area contributed by atoms with E-state index >= 15 is 0 Å². The Labute approximate surface area is 123 Å². The summed E-state index contributed by atoms with van der Waals surface area (Å²) in [5.74, 6) is -1.96. The Morgan fingerprint density at radius 2 is 1.86 bits per heavy atom. The summed E-state index contributed by atoms with van der Waals surface area (Å²) in [6, 6.07) is 0. The SMILES string of the molecule is Cc1[nH]c(C(=O)O)c(C)c1C(=O)N(CC(N)=O)CC(C)C. The quantitative estimate of drug-likeness (QED) is 0.723. The molecule has 0 spiro atoms. The zero-order chi connectivity index (χ0) is 16.3. The molecule has 0 bridgehead atoms. The molecule has 0 aliphatic carbocycles. The molecule has 1 heterocycles. The van der Waals surface area contributed by atoms with Crippen LogP contribution in [-0.2, 0) is 4.79 Å². The number of primary amides is 1. The highest BCUT2D eigenvalue weighted by Gasteiger charge is 2.26. The number of amides is 2. The van der Waals surface area contributed by atoms with E-state index in [4.69, 9.17) is 10.8 Å². The second kappa shape index (κ2) is 6.43. The average Bonchev–Trinajstić information content (AvgIpc) is 2.62. The lowest BCUT2D eigenvalue weighted by Gasteiger charge is -2.23. The second-order valence-electron chi connectivity index (χ2n) is 5.48. The molecule has 0 radical (unpaired) electrons. The maximum Gasteiger partial charge on any atom is 0.352 e. The van der Waals surface area contributed by atoms with Gasteiger partial charge in [0.1, 0.15) is 5.69 Å². The highest BCUT2D eigenvalue weighted by atomic mass is 16.4. The zero-order valence-corrected chi connectivity index (χ0v) is 12.7. The van der Waals surface area contributed by atoms with Gasteiger partial charge in [-0.25, -0.2) is 4.79 Å². The zero-order valence-electron chi connectivity index (χ0n) is 12.7. The van der Waals surface area contributed by atoms with Gasteiger partial charge < -0.3 is 20.7 Å². The van der Waals surface area contributed by atoms with Gasteiger partial charge in [-0.2, -0.15) is 0 Å². The van der Waals surface area contributed by atoms with Crippen LogP contribution >= 0.6 is 0 Å². The molecule has 0 fully saturated rings. The van der Waals surface area contributed by atoms with E-state index in [0.717, 1.165) is 0 Å². The van der Waals surface area contributed by atoms with Crippen molar-refractivity contribution in [3.05, 3.63) is 22.5 Å². The van der Waals surface area contributed by atoms with Gasteiger partial charge in [-0.1, -0.05) is 13.8 Å². The molecule has 0 unspecified atom stereocenters. The maximum absolute atomic E-state index is 12.6. The first kappa shape index (κ1) is 16.7. The molecule has 0 atom stereocenters. The lowest BCUT2D eigenvalue weighted by molar-refractivity contribution is -0.118. The van der Waals surface area contributed by atoms with Crippen LogP contribution in [0.15, 0.2) is 0 Å². The summed E-state index contributed by atoms with van der Waals surface area (Å²) < 4.78 is 0. The molecule has 0 aromatic carbocycles. The molecule has 2 amide bonds. The van der Waals surface area contributed by atoms with E-state index in [9.17, 15) is 14.4 Å². The summed E-state index contributed by atoms with van der Waals surface area (Å²) in [6.45, 7) is 7.21. The summed E-state index contributed by atoms with van der Waals surface area (Å²) in [5, 5.41) is 9.08. The smallest absolute Gasteiger partial charge is 0.352 e. The fourth-order valence-corrected chi connectivity index (χ4v) is 2.29. The minimum Gasteiger partial charge on any atom is -0.477 e. The Kier molecular flexibility index (Phi) is 5.12. The number of carbonyl (C=O) groups excluding carboxylic acids is 2.